The molecule has 2 heterocycles. The van der Waals surface area contributed by atoms with E-state index in [4.69, 9.17) is 5.73 Å². The van der Waals surface area contributed by atoms with Crippen molar-refractivity contribution in [2.75, 3.05) is 11.4 Å². The van der Waals surface area contributed by atoms with E-state index in [1.807, 2.05) is 12.3 Å². The van der Waals surface area contributed by atoms with Crippen molar-refractivity contribution in [3.8, 4) is 0 Å². The molecule has 1 aliphatic rings. The van der Waals surface area contributed by atoms with Crippen molar-refractivity contribution in [1.29, 1.82) is 0 Å². The summed E-state index contributed by atoms with van der Waals surface area (Å²) < 4.78 is 1.07. The molecule has 0 saturated carbocycles. The van der Waals surface area contributed by atoms with Crippen LogP contribution in [0.5, 0.6) is 0 Å². The van der Waals surface area contributed by atoms with Gasteiger partial charge in [0.15, 0.2) is 0 Å². The third-order valence-corrected chi connectivity index (χ3v) is 4.94. The maximum Gasteiger partial charge on any atom is 0.143 e. The summed E-state index contributed by atoms with van der Waals surface area (Å²) >= 11 is 3.67. The lowest BCUT2D eigenvalue weighted by Gasteiger charge is -2.37. The second-order valence-electron chi connectivity index (χ2n) is 5.26. The minimum atomic E-state index is 0.301. The molecule has 1 aromatic carbocycles. The van der Waals surface area contributed by atoms with Crippen LogP contribution in [-0.2, 0) is 13.0 Å². The number of hydrogen-bond donors (Lipinski definition) is 1. The molecule has 0 bridgehead atoms. The van der Waals surface area contributed by atoms with Gasteiger partial charge in [0.2, 0.25) is 0 Å². The first-order valence-electron chi connectivity index (χ1n) is 6.85. The zero-order valence-electron chi connectivity index (χ0n) is 11.5. The molecule has 20 heavy (non-hydrogen) atoms. The highest BCUT2D eigenvalue weighted by atomic mass is 79.9. The Morgan fingerprint density at radius 2 is 2.05 bits per heavy atom. The van der Waals surface area contributed by atoms with Crippen LogP contribution in [0, 0.1) is 6.92 Å². The van der Waals surface area contributed by atoms with Gasteiger partial charge in [-0.15, -0.1) is 0 Å². The fourth-order valence-electron chi connectivity index (χ4n) is 2.77. The van der Waals surface area contributed by atoms with Crippen molar-refractivity contribution < 1.29 is 0 Å². The highest BCUT2D eigenvalue weighted by Crippen LogP contribution is 2.33. The molecular weight excluding hydrogens is 314 g/mol. The van der Waals surface area contributed by atoms with Crippen LogP contribution < -0.4 is 10.6 Å². The van der Waals surface area contributed by atoms with Crippen molar-refractivity contribution in [2.24, 2.45) is 5.73 Å². The highest BCUT2D eigenvalue weighted by Gasteiger charge is 2.27. The zero-order valence-corrected chi connectivity index (χ0v) is 13.1. The first-order valence-corrected chi connectivity index (χ1v) is 7.64. The van der Waals surface area contributed by atoms with Crippen molar-refractivity contribution in [2.45, 2.75) is 25.9 Å². The number of nitrogens with zero attached hydrogens (tertiary/aromatic N) is 2. The number of pyridine rings is 1. The minimum Gasteiger partial charge on any atom is -0.347 e. The Balaban J connectivity index is 2.02. The lowest BCUT2D eigenvalue weighted by molar-refractivity contribution is 0.554. The molecule has 104 valence electrons. The molecule has 0 spiro atoms. The Hall–Kier alpha value is -1.39. The largest absolute Gasteiger partial charge is 0.347 e. The molecular formula is C16H18BrN3. The second kappa shape index (κ2) is 5.54. The maximum atomic E-state index is 5.99. The van der Waals surface area contributed by atoms with Crippen LogP contribution in [-0.4, -0.2) is 17.6 Å². The van der Waals surface area contributed by atoms with Gasteiger partial charge in [0.25, 0.3) is 0 Å². The van der Waals surface area contributed by atoms with Crippen LogP contribution >= 0.6 is 15.9 Å². The summed E-state index contributed by atoms with van der Waals surface area (Å²) in [5.41, 5.74) is 9.96. The Bertz CT molecular complexity index is 627. The van der Waals surface area contributed by atoms with E-state index in [1.54, 1.807) is 0 Å². The molecule has 3 rings (SSSR count). The van der Waals surface area contributed by atoms with Crippen LogP contribution in [0.3, 0.4) is 0 Å². The van der Waals surface area contributed by atoms with E-state index in [1.165, 1.54) is 16.7 Å². The van der Waals surface area contributed by atoms with Gasteiger partial charge in [0, 0.05) is 25.3 Å². The van der Waals surface area contributed by atoms with Gasteiger partial charge >= 0.3 is 0 Å². The Morgan fingerprint density at radius 3 is 2.80 bits per heavy atom. The average Bonchev–Trinajstić information content (AvgIpc) is 2.48. The molecule has 3 nitrogen and oxygen atoms in total. The second-order valence-corrected chi connectivity index (χ2v) is 6.05. The minimum absolute atomic E-state index is 0.301. The van der Waals surface area contributed by atoms with Gasteiger partial charge in [-0.1, -0.05) is 24.3 Å². The molecule has 0 saturated heterocycles. The lowest BCUT2D eigenvalue weighted by atomic mass is 9.94. The number of hydrogen-bond acceptors (Lipinski definition) is 3. The number of aryl methyl sites for hydroxylation is 1. The Morgan fingerprint density at radius 1 is 1.30 bits per heavy atom. The number of anilines is 1. The molecule has 0 aliphatic carbocycles. The molecule has 1 aromatic heterocycles. The van der Waals surface area contributed by atoms with Crippen molar-refractivity contribution in [3.05, 3.63) is 57.7 Å². The fourth-order valence-corrected chi connectivity index (χ4v) is 3.23. The molecule has 1 atom stereocenters. The molecule has 2 aromatic rings. The summed E-state index contributed by atoms with van der Waals surface area (Å²) in [6, 6.07) is 10.9. The van der Waals surface area contributed by atoms with Crippen LogP contribution in [0.1, 0.15) is 16.7 Å². The predicted octanol–water partition coefficient (Wildman–Crippen LogP) is 3.04. The Labute approximate surface area is 127 Å². The third kappa shape index (κ3) is 2.34. The summed E-state index contributed by atoms with van der Waals surface area (Å²) in [4.78, 5) is 6.88. The molecule has 0 fully saturated rings. The van der Waals surface area contributed by atoms with E-state index in [0.29, 0.717) is 12.6 Å². The molecule has 0 radical (unpaired) electrons. The van der Waals surface area contributed by atoms with Crippen LogP contribution in [0.25, 0.3) is 0 Å². The van der Waals surface area contributed by atoms with Crippen LogP contribution in [0.2, 0.25) is 0 Å². The topological polar surface area (TPSA) is 42.2 Å². The summed E-state index contributed by atoms with van der Waals surface area (Å²) in [5.74, 6) is 0.995. The first kappa shape index (κ1) is 13.6. The number of nitrogens with two attached hydrogens (primary N) is 1. The van der Waals surface area contributed by atoms with Gasteiger partial charge in [0.1, 0.15) is 5.82 Å². The van der Waals surface area contributed by atoms with E-state index in [0.717, 1.165) is 23.3 Å². The van der Waals surface area contributed by atoms with Crippen molar-refractivity contribution in [3.63, 3.8) is 0 Å². The van der Waals surface area contributed by atoms with Gasteiger partial charge in [-0.3, -0.25) is 0 Å². The smallest absolute Gasteiger partial charge is 0.143 e. The van der Waals surface area contributed by atoms with Crippen molar-refractivity contribution in [1.82, 2.24) is 4.98 Å². The van der Waals surface area contributed by atoms with E-state index >= 15 is 0 Å². The summed E-state index contributed by atoms with van der Waals surface area (Å²) in [6.45, 7) is 3.59. The van der Waals surface area contributed by atoms with Gasteiger partial charge in [-0.25, -0.2) is 4.98 Å². The maximum absolute atomic E-state index is 5.99. The summed E-state index contributed by atoms with van der Waals surface area (Å²) in [6.07, 6.45) is 2.85. The van der Waals surface area contributed by atoms with Gasteiger partial charge in [-0.05, 0) is 52.0 Å². The molecule has 0 amide bonds. The normalized spacial score (nSPS) is 17.9. The number of halogens is 1. The summed E-state index contributed by atoms with van der Waals surface area (Å²) in [5, 5.41) is 0. The van der Waals surface area contributed by atoms with Crippen LogP contribution in [0.4, 0.5) is 5.82 Å². The number of aromatic nitrogens is 1. The van der Waals surface area contributed by atoms with E-state index in [-0.39, 0.29) is 0 Å². The van der Waals surface area contributed by atoms with Crippen molar-refractivity contribution >= 4 is 21.7 Å². The standard InChI is InChI=1S/C16H18BrN3/c1-11-6-7-19-16(15(11)17)20-10-13-5-3-2-4-12(13)8-14(20)9-18/h2-7,14H,8-10,18H2,1H3. The average molecular weight is 332 g/mol. The zero-order chi connectivity index (χ0) is 14.1. The molecule has 2 N–H and O–H groups in total. The van der Waals surface area contributed by atoms with E-state index in [9.17, 15) is 0 Å². The van der Waals surface area contributed by atoms with Gasteiger partial charge in [0.05, 0.1) is 4.47 Å². The number of rotatable bonds is 2. The van der Waals surface area contributed by atoms with Crippen LogP contribution in [0.15, 0.2) is 41.0 Å². The third-order valence-electron chi connectivity index (χ3n) is 3.96. The van der Waals surface area contributed by atoms with E-state index in [2.05, 4.69) is 57.0 Å². The first-order chi connectivity index (χ1) is 9.70. The SMILES string of the molecule is Cc1ccnc(N2Cc3ccccc3CC2CN)c1Br. The highest BCUT2D eigenvalue weighted by molar-refractivity contribution is 9.10. The lowest BCUT2D eigenvalue weighted by Crippen LogP contribution is -2.45. The van der Waals surface area contributed by atoms with Gasteiger partial charge in [-0.2, -0.15) is 0 Å². The Kier molecular flexibility index (Phi) is 3.76. The predicted molar refractivity (Wildman–Crippen MR) is 85.8 cm³/mol. The monoisotopic (exact) mass is 331 g/mol. The number of fused-ring (bicyclic) bond motifs is 1. The quantitative estimate of drug-likeness (QED) is 0.919. The summed E-state index contributed by atoms with van der Waals surface area (Å²) in [7, 11) is 0. The fraction of sp³-hybridized carbons (Fsp3) is 0.312. The molecule has 4 heteroatoms. The molecule has 1 unspecified atom stereocenters. The molecule has 1 aliphatic heterocycles. The van der Waals surface area contributed by atoms with Gasteiger partial charge < -0.3 is 10.6 Å². The number of benzene rings is 1. The van der Waals surface area contributed by atoms with E-state index < -0.39 is 0 Å².